The second-order valence-corrected chi connectivity index (χ2v) is 22.0. The lowest BCUT2D eigenvalue weighted by molar-refractivity contribution is -0.326. The summed E-state index contributed by atoms with van der Waals surface area (Å²) in [5.41, 5.74) is -4.24. The Morgan fingerprint density at radius 3 is 1.88 bits per heavy atom. The molecule has 13 N–H and O–H groups in total. The summed E-state index contributed by atoms with van der Waals surface area (Å²) in [6.45, 7) is 15.3. The van der Waals surface area contributed by atoms with Crippen LogP contribution in [0.15, 0.2) is 0 Å². The van der Waals surface area contributed by atoms with E-state index in [1.54, 1.807) is 48.5 Å². The molecule has 76 heavy (non-hydrogen) atoms. The van der Waals surface area contributed by atoms with Gasteiger partial charge in [-0.3, -0.25) is 9.59 Å². The van der Waals surface area contributed by atoms with Crippen molar-refractivity contribution in [3.05, 3.63) is 0 Å². The number of hydrogen-bond donors (Lipinski definition) is 13. The first kappa shape index (κ1) is 68.0. The lowest BCUT2D eigenvalue weighted by Gasteiger charge is -2.50. The van der Waals surface area contributed by atoms with Gasteiger partial charge in [-0.15, -0.1) is 0 Å². The SMILES string of the molecule is CC[C@@H]1OC(=O)[C@H](C)[C@H](O[C@H]2C[C@@](C)(OC)[C@@H](O)[C@H](C)O2)[C@H](C)[C@@H](O[C@@H]2O[C@H](C)C[C@H](N(C)C)[C@H]2O)[C@](C)(OC)C[C@@H](C)C(=O)[C@@H](C)[C@@H](O)[C@]1(C)O.O=C(O)C(O)C(O)C(O[C@@H]1O[C@H](CO)[C@H](O)[C@H](O)[C@H]1O)C(O)CO. The summed E-state index contributed by atoms with van der Waals surface area (Å²) in [5, 5.41) is 130. The van der Waals surface area contributed by atoms with E-state index in [-0.39, 0.29) is 37.2 Å². The average molecular weight is 1110 g/mol. The molecule has 0 aromatic heterocycles. The third-order valence-electron chi connectivity index (χ3n) is 15.9. The number of carboxylic acids is 1. The molecule has 0 aromatic carbocycles. The molecule has 4 saturated heterocycles. The van der Waals surface area contributed by atoms with E-state index in [4.69, 9.17) is 58.0 Å². The topological polar surface area (TPSA) is 401 Å². The van der Waals surface area contributed by atoms with Crippen LogP contribution in [-0.2, 0) is 57.0 Å². The van der Waals surface area contributed by atoms with Crippen molar-refractivity contribution in [3.8, 4) is 0 Å². The van der Waals surface area contributed by atoms with E-state index < -0.39 is 176 Å². The van der Waals surface area contributed by atoms with Gasteiger partial charge in [-0.2, -0.15) is 0 Å². The zero-order valence-corrected chi connectivity index (χ0v) is 46.3. The van der Waals surface area contributed by atoms with Crippen molar-refractivity contribution in [1.82, 2.24) is 4.90 Å². The van der Waals surface area contributed by atoms with E-state index >= 15 is 0 Å². The van der Waals surface area contributed by atoms with Crippen LogP contribution in [-0.4, -0.2) is 270 Å². The van der Waals surface area contributed by atoms with Crippen molar-refractivity contribution >= 4 is 17.7 Å². The molecule has 4 fully saturated rings. The Bertz CT molecular complexity index is 1810. The number of likely N-dealkylation sites (N-methyl/N-ethyl adjacent to an activating group) is 1. The molecule has 4 aliphatic heterocycles. The number of aliphatic hydroxyl groups is 12. The lowest BCUT2D eigenvalue weighted by atomic mass is 9.74. The highest BCUT2D eigenvalue weighted by atomic mass is 16.7. The molecule has 26 nitrogen and oxygen atoms in total. The molecule has 0 aliphatic carbocycles. The van der Waals surface area contributed by atoms with Crippen molar-refractivity contribution in [1.29, 1.82) is 0 Å². The van der Waals surface area contributed by atoms with Gasteiger partial charge in [-0.25, -0.2) is 4.79 Å². The Morgan fingerprint density at radius 2 is 1.37 bits per heavy atom. The predicted molar refractivity (Wildman–Crippen MR) is 262 cm³/mol. The number of nitrogens with zero attached hydrogens (tertiary/aromatic N) is 1. The fourth-order valence-corrected chi connectivity index (χ4v) is 10.7. The van der Waals surface area contributed by atoms with E-state index in [1.807, 2.05) is 32.8 Å². The molecular formula is C50H91NO25. The number of cyclic esters (lactones) is 1. The summed E-state index contributed by atoms with van der Waals surface area (Å²) in [4.78, 5) is 40.8. The molecule has 0 radical (unpaired) electrons. The maximum absolute atomic E-state index is 14.2. The molecule has 0 bridgehead atoms. The third kappa shape index (κ3) is 15.6. The molecule has 0 saturated carbocycles. The number of esters is 1. The molecular weight excluding hydrogens is 1010 g/mol. The molecule has 0 aromatic rings. The normalized spacial score (nSPS) is 44.9. The number of ketones is 1. The van der Waals surface area contributed by atoms with E-state index in [9.17, 15) is 65.4 Å². The zero-order valence-electron chi connectivity index (χ0n) is 46.3. The number of ether oxygens (including phenoxy) is 9. The summed E-state index contributed by atoms with van der Waals surface area (Å²) < 4.78 is 53.9. The van der Waals surface area contributed by atoms with Crippen molar-refractivity contribution < 1.29 is 123 Å². The number of carbonyl (C=O) groups excluding carboxylic acids is 2. The zero-order chi connectivity index (χ0) is 58.3. The Balaban J connectivity index is 0.000000529. The summed E-state index contributed by atoms with van der Waals surface area (Å²) in [5.74, 6) is -6.31. The maximum atomic E-state index is 14.2. The number of methoxy groups -OCH3 is 2. The molecule has 0 spiro atoms. The van der Waals surface area contributed by atoms with E-state index in [0.717, 1.165) is 0 Å². The number of hydrogen-bond acceptors (Lipinski definition) is 25. The maximum Gasteiger partial charge on any atom is 0.335 e. The average Bonchev–Trinajstić information content (AvgIpc) is 3.37. The van der Waals surface area contributed by atoms with Crippen molar-refractivity contribution in [2.24, 2.45) is 23.7 Å². The van der Waals surface area contributed by atoms with Gasteiger partial charge < -0.3 is 114 Å². The Morgan fingerprint density at radius 1 is 0.776 bits per heavy atom. The summed E-state index contributed by atoms with van der Waals surface area (Å²) in [6, 6.07) is -0.283. The molecule has 27 atom stereocenters. The lowest BCUT2D eigenvalue weighted by Crippen LogP contribution is -2.61. The smallest absolute Gasteiger partial charge is 0.335 e. The molecule has 4 heterocycles. The number of rotatable bonds is 16. The molecule has 4 aliphatic rings. The summed E-state index contributed by atoms with van der Waals surface area (Å²) >= 11 is 0. The Hall–Kier alpha value is -2.23. The van der Waals surface area contributed by atoms with Crippen LogP contribution in [0.1, 0.15) is 94.9 Å². The minimum absolute atomic E-state index is 0.111. The Kier molecular flexibility index (Phi) is 25.5. The third-order valence-corrected chi connectivity index (χ3v) is 15.9. The fourth-order valence-electron chi connectivity index (χ4n) is 10.7. The van der Waals surface area contributed by atoms with Gasteiger partial charge in [-0.1, -0.05) is 27.7 Å². The van der Waals surface area contributed by atoms with Crippen LogP contribution in [0.4, 0.5) is 0 Å². The van der Waals surface area contributed by atoms with Gasteiger partial charge >= 0.3 is 11.9 Å². The number of Topliss-reactive ketones (excluding diaryl/α,β-unsaturated/α-hetero) is 1. The number of aliphatic carboxylic acids is 1. The van der Waals surface area contributed by atoms with Gasteiger partial charge in [0.25, 0.3) is 0 Å². The minimum Gasteiger partial charge on any atom is -0.479 e. The van der Waals surface area contributed by atoms with E-state index in [1.165, 1.54) is 21.1 Å². The molecule has 26 heteroatoms. The number of aliphatic hydroxyl groups excluding tert-OH is 11. The van der Waals surface area contributed by atoms with Crippen molar-refractivity contribution in [2.45, 2.75) is 234 Å². The van der Waals surface area contributed by atoms with Gasteiger partial charge in [0.1, 0.15) is 72.4 Å². The largest absolute Gasteiger partial charge is 0.479 e. The van der Waals surface area contributed by atoms with Crippen LogP contribution >= 0.6 is 0 Å². The monoisotopic (exact) mass is 1110 g/mol. The van der Waals surface area contributed by atoms with Crippen LogP contribution in [0, 0.1) is 23.7 Å². The molecule has 0 amide bonds. The van der Waals surface area contributed by atoms with Gasteiger partial charge in [-0.05, 0) is 74.9 Å². The quantitative estimate of drug-likeness (QED) is 0.0676. The van der Waals surface area contributed by atoms with Gasteiger partial charge in [0.05, 0.1) is 60.9 Å². The highest BCUT2D eigenvalue weighted by molar-refractivity contribution is 5.83. The van der Waals surface area contributed by atoms with E-state index in [0.29, 0.717) is 6.42 Å². The van der Waals surface area contributed by atoms with Gasteiger partial charge in [0.2, 0.25) is 0 Å². The van der Waals surface area contributed by atoms with Crippen LogP contribution in [0.5, 0.6) is 0 Å². The first-order valence-electron chi connectivity index (χ1n) is 25.9. The standard InChI is InChI=1S/C38H69NO13.C12H22O12/c1-15-26-38(10,45)31(42)21(4)28(40)19(2)17-37(9,47-14)33(52-35-29(41)25(39(11)12)16-20(3)48-35)22(5)30(23(6)34(44)50-26)51-27-18-36(8,46-13)32(43)24(7)49-27;13-1-3(15)10(7(18)8(19)11(21)22)24-12-9(20)6(17)5(16)4(2-14)23-12/h19-27,29-33,35,41-43,45H,15-18H2,1-14H3;3-10,12-20H,1-2H2,(H,21,22)/t19-,20-,21-,22+,23-,24+,25+,26+,27+,29-,30-,31-,32+,33-,35+,36-,37-,38-;3?,4-,5+,6+,7?,8?,9-,10?,12+/m11/s1. The van der Waals surface area contributed by atoms with Crippen molar-refractivity contribution in [3.63, 3.8) is 0 Å². The second-order valence-electron chi connectivity index (χ2n) is 22.0. The second kappa shape index (κ2) is 28.5. The highest BCUT2D eigenvalue weighted by Gasteiger charge is 2.55. The van der Waals surface area contributed by atoms with Gasteiger partial charge in [0, 0.05) is 44.4 Å². The number of carbonyl (C=O) groups is 3. The van der Waals surface area contributed by atoms with Crippen LogP contribution in [0.2, 0.25) is 0 Å². The number of carboxylic acid groups (broad SMARTS) is 1. The first-order chi connectivity index (χ1) is 35.1. The minimum atomic E-state index is -2.39. The fraction of sp³-hybridized carbons (Fsp3) is 0.940. The van der Waals surface area contributed by atoms with Crippen LogP contribution < -0.4 is 0 Å². The predicted octanol–water partition coefficient (Wildman–Crippen LogP) is -3.23. The highest BCUT2D eigenvalue weighted by Crippen LogP contribution is 2.42. The molecule has 4 rings (SSSR count). The van der Waals surface area contributed by atoms with Crippen molar-refractivity contribution in [2.75, 3.05) is 41.5 Å². The first-order valence-corrected chi connectivity index (χ1v) is 25.9. The summed E-state index contributed by atoms with van der Waals surface area (Å²) in [6.07, 6.45) is -25.7. The summed E-state index contributed by atoms with van der Waals surface area (Å²) in [7, 11) is 6.77. The van der Waals surface area contributed by atoms with E-state index in [2.05, 4.69) is 0 Å². The van der Waals surface area contributed by atoms with Crippen LogP contribution in [0.3, 0.4) is 0 Å². The van der Waals surface area contributed by atoms with Crippen LogP contribution in [0.25, 0.3) is 0 Å². The Labute approximate surface area is 444 Å². The molecule has 446 valence electrons. The van der Waals surface area contributed by atoms with Gasteiger partial charge in [0.15, 0.2) is 25.0 Å². The molecule has 4 unspecified atom stereocenters.